The van der Waals surface area contributed by atoms with Crippen LogP contribution in [0.5, 0.6) is 11.5 Å². The van der Waals surface area contributed by atoms with Gasteiger partial charge < -0.3 is 19.5 Å². The van der Waals surface area contributed by atoms with E-state index in [9.17, 15) is 14.7 Å². The van der Waals surface area contributed by atoms with E-state index in [2.05, 4.69) is 0 Å². The van der Waals surface area contributed by atoms with Crippen molar-refractivity contribution in [2.45, 2.75) is 44.2 Å². The third-order valence-corrected chi connectivity index (χ3v) is 5.25. The van der Waals surface area contributed by atoms with E-state index < -0.39 is 12.0 Å². The second kappa shape index (κ2) is 6.71. The van der Waals surface area contributed by atoms with Gasteiger partial charge in [-0.15, -0.1) is 0 Å². The van der Waals surface area contributed by atoms with Gasteiger partial charge in [-0.25, -0.2) is 4.79 Å². The molecule has 1 aromatic carbocycles. The van der Waals surface area contributed by atoms with Gasteiger partial charge in [-0.3, -0.25) is 4.79 Å². The van der Waals surface area contributed by atoms with E-state index in [0.717, 1.165) is 25.7 Å². The van der Waals surface area contributed by atoms with E-state index in [1.54, 1.807) is 30.2 Å². The van der Waals surface area contributed by atoms with Crippen molar-refractivity contribution in [3.63, 3.8) is 0 Å². The van der Waals surface area contributed by atoms with E-state index in [-0.39, 0.29) is 17.9 Å². The number of aliphatic carboxylic acids is 1. The Morgan fingerprint density at radius 2 is 1.92 bits per heavy atom. The molecule has 2 aliphatic rings. The van der Waals surface area contributed by atoms with Crippen LogP contribution in [-0.2, 0) is 4.79 Å². The quantitative estimate of drug-likeness (QED) is 0.916. The largest absolute Gasteiger partial charge is 0.497 e. The molecule has 0 radical (unpaired) electrons. The number of benzene rings is 1. The molecule has 0 aromatic heterocycles. The van der Waals surface area contributed by atoms with Crippen LogP contribution in [0.3, 0.4) is 0 Å². The second-order valence-electron chi connectivity index (χ2n) is 6.48. The first-order valence-electron chi connectivity index (χ1n) is 8.34. The number of amides is 1. The van der Waals surface area contributed by atoms with Crippen molar-refractivity contribution in [3.05, 3.63) is 23.8 Å². The van der Waals surface area contributed by atoms with Gasteiger partial charge in [0.25, 0.3) is 5.91 Å². The van der Waals surface area contributed by atoms with Gasteiger partial charge in [-0.2, -0.15) is 0 Å². The molecule has 3 atom stereocenters. The van der Waals surface area contributed by atoms with Gasteiger partial charge in [-0.1, -0.05) is 12.8 Å². The second-order valence-corrected chi connectivity index (χ2v) is 6.48. The highest BCUT2D eigenvalue weighted by molar-refractivity contribution is 5.99. The number of methoxy groups -OCH3 is 2. The molecule has 2 fully saturated rings. The summed E-state index contributed by atoms with van der Waals surface area (Å²) in [6.07, 6.45) is 4.57. The molecule has 1 amide bonds. The van der Waals surface area contributed by atoms with Crippen LogP contribution in [0, 0.1) is 5.92 Å². The highest BCUT2D eigenvalue weighted by atomic mass is 16.5. The molecule has 6 heteroatoms. The van der Waals surface area contributed by atoms with Crippen LogP contribution in [0.15, 0.2) is 18.2 Å². The SMILES string of the molecule is COc1ccc(C(=O)N2C(C(=O)O)CC3CCCCC32)c(OC)c1. The van der Waals surface area contributed by atoms with Crippen LogP contribution in [0.4, 0.5) is 0 Å². The summed E-state index contributed by atoms with van der Waals surface area (Å²) in [4.78, 5) is 26.4. The summed E-state index contributed by atoms with van der Waals surface area (Å²) in [5.41, 5.74) is 0.385. The molecule has 1 heterocycles. The number of likely N-dealkylation sites (tertiary alicyclic amines) is 1. The summed E-state index contributed by atoms with van der Waals surface area (Å²) < 4.78 is 10.5. The van der Waals surface area contributed by atoms with Crippen molar-refractivity contribution in [2.24, 2.45) is 5.92 Å². The molecular formula is C18H23NO5. The van der Waals surface area contributed by atoms with Crippen molar-refractivity contribution in [1.29, 1.82) is 0 Å². The fourth-order valence-corrected chi connectivity index (χ4v) is 4.09. The number of rotatable bonds is 4. The third-order valence-electron chi connectivity index (χ3n) is 5.25. The van der Waals surface area contributed by atoms with E-state index in [1.165, 1.54) is 7.11 Å². The van der Waals surface area contributed by atoms with Crippen molar-refractivity contribution >= 4 is 11.9 Å². The van der Waals surface area contributed by atoms with Crippen LogP contribution >= 0.6 is 0 Å². The number of carbonyl (C=O) groups is 2. The van der Waals surface area contributed by atoms with Gasteiger partial charge >= 0.3 is 5.97 Å². The van der Waals surface area contributed by atoms with Crippen LogP contribution < -0.4 is 9.47 Å². The van der Waals surface area contributed by atoms with Crippen LogP contribution in [0.25, 0.3) is 0 Å². The molecule has 0 spiro atoms. The molecule has 1 saturated carbocycles. The van der Waals surface area contributed by atoms with Crippen molar-refractivity contribution in [2.75, 3.05) is 14.2 Å². The lowest BCUT2D eigenvalue weighted by Gasteiger charge is -2.33. The summed E-state index contributed by atoms with van der Waals surface area (Å²) in [5, 5.41) is 9.59. The van der Waals surface area contributed by atoms with E-state index in [0.29, 0.717) is 23.5 Å². The highest BCUT2D eigenvalue weighted by Crippen LogP contribution is 2.41. The molecule has 130 valence electrons. The van der Waals surface area contributed by atoms with E-state index in [4.69, 9.17) is 9.47 Å². The van der Waals surface area contributed by atoms with Crippen molar-refractivity contribution in [3.8, 4) is 11.5 Å². The van der Waals surface area contributed by atoms with Gasteiger partial charge in [0.15, 0.2) is 0 Å². The average molecular weight is 333 g/mol. The normalized spacial score (nSPS) is 25.9. The fourth-order valence-electron chi connectivity index (χ4n) is 4.09. The van der Waals surface area contributed by atoms with Gasteiger partial charge in [-0.05, 0) is 37.3 Å². The summed E-state index contributed by atoms with van der Waals surface area (Å²) in [5.74, 6) is 0.0903. The zero-order valence-corrected chi connectivity index (χ0v) is 14.0. The number of nitrogens with zero attached hydrogens (tertiary/aromatic N) is 1. The molecule has 1 aromatic rings. The smallest absolute Gasteiger partial charge is 0.326 e. The Balaban J connectivity index is 1.96. The zero-order chi connectivity index (χ0) is 17.3. The molecule has 0 bridgehead atoms. The molecule has 24 heavy (non-hydrogen) atoms. The first-order valence-corrected chi connectivity index (χ1v) is 8.34. The summed E-state index contributed by atoms with van der Waals surface area (Å²) >= 11 is 0. The number of carboxylic acids is 1. The maximum atomic E-state index is 13.1. The zero-order valence-electron chi connectivity index (χ0n) is 14.0. The molecule has 1 saturated heterocycles. The summed E-state index contributed by atoms with van der Waals surface area (Å²) in [6, 6.07) is 4.25. The van der Waals surface area contributed by atoms with Crippen LogP contribution in [0.1, 0.15) is 42.5 Å². The predicted octanol–water partition coefficient (Wildman–Crippen LogP) is 2.56. The first kappa shape index (κ1) is 16.6. The summed E-state index contributed by atoms with van der Waals surface area (Å²) in [7, 11) is 3.04. The van der Waals surface area contributed by atoms with Crippen LogP contribution in [-0.4, -0.2) is 48.2 Å². The van der Waals surface area contributed by atoms with Gasteiger partial charge in [0.2, 0.25) is 0 Å². The fraction of sp³-hybridized carbons (Fsp3) is 0.556. The molecule has 1 aliphatic heterocycles. The number of carbonyl (C=O) groups excluding carboxylic acids is 1. The lowest BCUT2D eigenvalue weighted by atomic mass is 9.84. The molecule has 1 aliphatic carbocycles. The van der Waals surface area contributed by atoms with Crippen molar-refractivity contribution in [1.82, 2.24) is 4.90 Å². The Kier molecular flexibility index (Phi) is 4.64. The minimum absolute atomic E-state index is 0.0131. The number of hydrogen-bond donors (Lipinski definition) is 1. The Hall–Kier alpha value is -2.24. The molecular weight excluding hydrogens is 310 g/mol. The number of ether oxygens (including phenoxy) is 2. The summed E-state index contributed by atoms with van der Waals surface area (Å²) in [6.45, 7) is 0. The topological polar surface area (TPSA) is 76.1 Å². The van der Waals surface area contributed by atoms with Gasteiger partial charge in [0, 0.05) is 12.1 Å². The highest BCUT2D eigenvalue weighted by Gasteiger charge is 2.48. The first-order chi connectivity index (χ1) is 11.6. The molecule has 3 rings (SSSR count). The van der Waals surface area contributed by atoms with Crippen LogP contribution in [0.2, 0.25) is 0 Å². The average Bonchev–Trinajstić information content (AvgIpc) is 3.00. The maximum Gasteiger partial charge on any atom is 0.326 e. The Bertz CT molecular complexity index is 644. The van der Waals surface area contributed by atoms with Gasteiger partial charge in [0.05, 0.1) is 19.8 Å². The van der Waals surface area contributed by atoms with E-state index >= 15 is 0 Å². The van der Waals surface area contributed by atoms with Gasteiger partial charge in [0.1, 0.15) is 17.5 Å². The Morgan fingerprint density at radius 3 is 2.58 bits per heavy atom. The monoisotopic (exact) mass is 333 g/mol. The number of carboxylic acid groups (broad SMARTS) is 1. The minimum Gasteiger partial charge on any atom is -0.497 e. The standard InChI is InChI=1S/C18H23NO5/c1-23-12-7-8-13(16(10-12)24-2)17(20)19-14-6-4-3-5-11(14)9-15(19)18(21)22/h7-8,10-11,14-15H,3-6,9H2,1-2H3,(H,21,22). The maximum absolute atomic E-state index is 13.1. The van der Waals surface area contributed by atoms with E-state index in [1.807, 2.05) is 0 Å². The Labute approximate surface area is 141 Å². The third kappa shape index (κ3) is 2.81. The molecule has 3 unspecified atom stereocenters. The van der Waals surface area contributed by atoms with Crippen molar-refractivity contribution < 1.29 is 24.2 Å². The molecule has 1 N–H and O–H groups in total. The number of fused-ring (bicyclic) bond motifs is 1. The number of hydrogen-bond acceptors (Lipinski definition) is 4. The predicted molar refractivity (Wildman–Crippen MR) is 87.5 cm³/mol. The lowest BCUT2D eigenvalue weighted by Crippen LogP contribution is -2.46. The minimum atomic E-state index is -0.926. The lowest BCUT2D eigenvalue weighted by molar-refractivity contribution is -0.141. The Morgan fingerprint density at radius 1 is 1.17 bits per heavy atom. The molecule has 6 nitrogen and oxygen atoms in total.